The number of hydrogen-bond acceptors (Lipinski definition) is 0. The summed E-state index contributed by atoms with van der Waals surface area (Å²) >= 11 is 0. The minimum Gasteiger partial charge on any atom is -0.103 e. The van der Waals surface area contributed by atoms with E-state index in [1.54, 1.807) is 0 Å². The van der Waals surface area contributed by atoms with Crippen molar-refractivity contribution in [1.29, 1.82) is 0 Å². The third-order valence-corrected chi connectivity index (χ3v) is 3.12. The second kappa shape index (κ2) is 5.49. The zero-order valence-electron chi connectivity index (χ0n) is 10.3. The van der Waals surface area contributed by atoms with E-state index in [0.29, 0.717) is 0 Å². The molecular weight excluding hydrogens is 204 g/mol. The first kappa shape index (κ1) is 11.7. The molecule has 0 unspecified atom stereocenters. The lowest BCUT2D eigenvalue weighted by molar-refractivity contribution is 1.10. The molecule has 0 aliphatic rings. The van der Waals surface area contributed by atoms with Crippen molar-refractivity contribution >= 4 is 0 Å². The Labute approximate surface area is 104 Å². The molecule has 0 spiro atoms. The van der Waals surface area contributed by atoms with Crippen LogP contribution in [0.5, 0.6) is 0 Å². The van der Waals surface area contributed by atoms with Crippen LogP contribution < -0.4 is 0 Å². The van der Waals surface area contributed by atoms with E-state index in [1.165, 1.54) is 22.3 Å². The van der Waals surface area contributed by atoms with Crippen LogP contribution in [-0.4, -0.2) is 0 Å². The molecule has 0 fully saturated rings. The van der Waals surface area contributed by atoms with Crippen molar-refractivity contribution in [2.75, 3.05) is 0 Å². The molecule has 0 heteroatoms. The van der Waals surface area contributed by atoms with Crippen LogP contribution in [0.25, 0.3) is 0 Å². The summed E-state index contributed by atoms with van der Waals surface area (Å²) in [5, 5.41) is 0. The SMILES string of the molecule is C=CCc1ccccc1Cc1ccccc1C. The summed E-state index contributed by atoms with van der Waals surface area (Å²) in [6.45, 7) is 5.99. The first-order valence-corrected chi connectivity index (χ1v) is 6.03. The quantitative estimate of drug-likeness (QED) is 0.676. The van der Waals surface area contributed by atoms with Gasteiger partial charge >= 0.3 is 0 Å². The topological polar surface area (TPSA) is 0 Å². The summed E-state index contributed by atoms with van der Waals surface area (Å²) in [5.41, 5.74) is 5.55. The van der Waals surface area contributed by atoms with Gasteiger partial charge in [-0.15, -0.1) is 6.58 Å². The van der Waals surface area contributed by atoms with Crippen LogP contribution in [0, 0.1) is 6.92 Å². The highest BCUT2D eigenvalue weighted by Gasteiger charge is 2.03. The van der Waals surface area contributed by atoms with Gasteiger partial charge in [0.15, 0.2) is 0 Å². The van der Waals surface area contributed by atoms with E-state index in [0.717, 1.165) is 12.8 Å². The highest BCUT2D eigenvalue weighted by Crippen LogP contribution is 2.17. The fourth-order valence-corrected chi connectivity index (χ4v) is 2.10. The van der Waals surface area contributed by atoms with E-state index in [9.17, 15) is 0 Å². The first-order valence-electron chi connectivity index (χ1n) is 6.03. The molecule has 0 atom stereocenters. The molecule has 0 aliphatic carbocycles. The average Bonchev–Trinajstić information content (AvgIpc) is 2.35. The lowest BCUT2D eigenvalue weighted by Crippen LogP contribution is -1.96. The molecule has 0 aliphatic heterocycles. The minimum atomic E-state index is 0.946. The molecule has 86 valence electrons. The van der Waals surface area contributed by atoms with Crippen LogP contribution in [0.2, 0.25) is 0 Å². The number of benzene rings is 2. The Bertz CT molecular complexity index is 509. The number of allylic oxidation sites excluding steroid dienone is 1. The Balaban J connectivity index is 2.30. The number of hydrogen-bond donors (Lipinski definition) is 0. The van der Waals surface area contributed by atoms with Crippen LogP contribution in [0.4, 0.5) is 0 Å². The maximum Gasteiger partial charge on any atom is -0.00203 e. The summed E-state index contributed by atoms with van der Waals surface area (Å²) in [5.74, 6) is 0. The maximum absolute atomic E-state index is 3.82. The second-order valence-electron chi connectivity index (χ2n) is 4.36. The van der Waals surface area contributed by atoms with Gasteiger partial charge in [-0.3, -0.25) is 0 Å². The Morgan fingerprint density at radius 1 is 0.882 bits per heavy atom. The lowest BCUT2D eigenvalue weighted by Gasteiger charge is -2.09. The van der Waals surface area contributed by atoms with Crippen molar-refractivity contribution in [3.05, 3.63) is 83.4 Å². The highest BCUT2D eigenvalue weighted by molar-refractivity contribution is 5.36. The average molecular weight is 222 g/mol. The van der Waals surface area contributed by atoms with Crippen molar-refractivity contribution in [2.45, 2.75) is 19.8 Å². The third kappa shape index (κ3) is 2.85. The Morgan fingerprint density at radius 3 is 2.12 bits per heavy atom. The highest BCUT2D eigenvalue weighted by atomic mass is 14.1. The molecule has 0 aromatic heterocycles. The van der Waals surface area contributed by atoms with E-state index in [2.05, 4.69) is 62.0 Å². The molecule has 0 radical (unpaired) electrons. The monoisotopic (exact) mass is 222 g/mol. The van der Waals surface area contributed by atoms with E-state index in [-0.39, 0.29) is 0 Å². The summed E-state index contributed by atoms with van der Waals surface area (Å²) in [6.07, 6.45) is 3.93. The normalized spacial score (nSPS) is 10.2. The lowest BCUT2D eigenvalue weighted by atomic mass is 9.96. The minimum absolute atomic E-state index is 0.946. The first-order chi connectivity index (χ1) is 8.31. The fraction of sp³-hybridized carbons (Fsp3) is 0.176. The van der Waals surface area contributed by atoms with E-state index in [1.807, 2.05) is 6.08 Å². The van der Waals surface area contributed by atoms with Crippen LogP contribution in [-0.2, 0) is 12.8 Å². The molecule has 0 N–H and O–H groups in total. The van der Waals surface area contributed by atoms with Crippen LogP contribution in [0.3, 0.4) is 0 Å². The smallest absolute Gasteiger partial charge is 0.00203 e. The van der Waals surface area contributed by atoms with Crippen molar-refractivity contribution < 1.29 is 0 Å². The number of aryl methyl sites for hydroxylation is 1. The molecule has 2 aromatic carbocycles. The van der Waals surface area contributed by atoms with Gasteiger partial charge in [0.25, 0.3) is 0 Å². The summed E-state index contributed by atoms with van der Waals surface area (Å²) in [7, 11) is 0. The fourth-order valence-electron chi connectivity index (χ4n) is 2.10. The standard InChI is InChI=1S/C17H18/c1-3-8-15-10-6-7-12-17(15)13-16-11-5-4-9-14(16)2/h3-7,9-12H,1,8,13H2,2H3. The zero-order chi connectivity index (χ0) is 12.1. The molecule has 0 saturated carbocycles. The number of rotatable bonds is 4. The van der Waals surface area contributed by atoms with Crippen molar-refractivity contribution in [1.82, 2.24) is 0 Å². The van der Waals surface area contributed by atoms with Gasteiger partial charge in [-0.05, 0) is 42.0 Å². The van der Waals surface area contributed by atoms with Crippen molar-refractivity contribution in [3.63, 3.8) is 0 Å². The third-order valence-electron chi connectivity index (χ3n) is 3.12. The predicted octanol–water partition coefficient (Wildman–Crippen LogP) is 4.31. The van der Waals surface area contributed by atoms with Crippen molar-refractivity contribution in [3.8, 4) is 0 Å². The molecule has 0 heterocycles. The molecule has 0 bridgehead atoms. The molecule has 2 aromatic rings. The maximum atomic E-state index is 3.82. The second-order valence-corrected chi connectivity index (χ2v) is 4.36. The Hall–Kier alpha value is -1.82. The van der Waals surface area contributed by atoms with Crippen LogP contribution >= 0.6 is 0 Å². The summed E-state index contributed by atoms with van der Waals surface area (Å²) in [6, 6.07) is 17.2. The van der Waals surface area contributed by atoms with Crippen LogP contribution in [0.1, 0.15) is 22.3 Å². The molecule has 0 amide bonds. The van der Waals surface area contributed by atoms with Gasteiger partial charge in [-0.1, -0.05) is 54.6 Å². The van der Waals surface area contributed by atoms with Gasteiger partial charge in [-0.25, -0.2) is 0 Å². The van der Waals surface area contributed by atoms with Crippen LogP contribution in [0.15, 0.2) is 61.2 Å². The Morgan fingerprint density at radius 2 is 1.47 bits per heavy atom. The summed E-state index contributed by atoms with van der Waals surface area (Å²) in [4.78, 5) is 0. The zero-order valence-corrected chi connectivity index (χ0v) is 10.3. The largest absolute Gasteiger partial charge is 0.103 e. The van der Waals surface area contributed by atoms with Crippen molar-refractivity contribution in [2.24, 2.45) is 0 Å². The van der Waals surface area contributed by atoms with E-state index >= 15 is 0 Å². The molecule has 17 heavy (non-hydrogen) atoms. The molecule has 0 saturated heterocycles. The predicted molar refractivity (Wildman–Crippen MR) is 74.3 cm³/mol. The molecule has 0 nitrogen and oxygen atoms in total. The van der Waals surface area contributed by atoms with Gasteiger partial charge in [0.2, 0.25) is 0 Å². The van der Waals surface area contributed by atoms with E-state index < -0.39 is 0 Å². The van der Waals surface area contributed by atoms with Gasteiger partial charge in [-0.2, -0.15) is 0 Å². The molecule has 2 rings (SSSR count). The molecular formula is C17H18. The summed E-state index contributed by atoms with van der Waals surface area (Å²) < 4.78 is 0. The van der Waals surface area contributed by atoms with Gasteiger partial charge in [0, 0.05) is 0 Å². The Kier molecular flexibility index (Phi) is 3.77. The van der Waals surface area contributed by atoms with Gasteiger partial charge in [0.05, 0.1) is 0 Å². The van der Waals surface area contributed by atoms with Gasteiger partial charge in [0.1, 0.15) is 0 Å². The van der Waals surface area contributed by atoms with Gasteiger partial charge < -0.3 is 0 Å². The van der Waals surface area contributed by atoms with E-state index in [4.69, 9.17) is 0 Å².